The quantitative estimate of drug-likeness (QED) is 0.844. The Morgan fingerprint density at radius 3 is 2.88 bits per heavy atom. The fraction of sp³-hybridized carbons (Fsp3) is 0.200. The van der Waals surface area contributed by atoms with Crippen molar-refractivity contribution < 1.29 is 0 Å². The highest BCUT2D eigenvalue weighted by Gasteiger charge is 2.10. The van der Waals surface area contributed by atoms with Crippen LogP contribution in [0.25, 0.3) is 0 Å². The molecular weight excluding hydrogens is 254 g/mol. The minimum atomic E-state index is 0.603. The Bertz CT molecular complexity index is 558. The average Bonchev–Trinajstić information content (AvgIpc) is 2.78. The van der Waals surface area contributed by atoms with Crippen molar-refractivity contribution in [3.8, 4) is 6.07 Å². The molecule has 0 aliphatic carbocycles. The van der Waals surface area contributed by atoms with Crippen LogP contribution in [-0.4, -0.2) is 29.3 Å². The Kier molecular flexibility index (Phi) is 3.56. The maximum atomic E-state index is 8.96. The molecular formula is C10H9N5S2. The number of rotatable bonds is 3. The van der Waals surface area contributed by atoms with Gasteiger partial charge >= 0.3 is 0 Å². The van der Waals surface area contributed by atoms with Crippen molar-refractivity contribution in [2.24, 2.45) is 0 Å². The molecule has 0 saturated heterocycles. The minimum absolute atomic E-state index is 0.603. The zero-order valence-corrected chi connectivity index (χ0v) is 10.9. The van der Waals surface area contributed by atoms with E-state index in [1.54, 1.807) is 18.5 Å². The Labute approximate surface area is 107 Å². The normalized spacial score (nSPS) is 9.94. The predicted octanol–water partition coefficient (Wildman–Crippen LogP) is 2.02. The summed E-state index contributed by atoms with van der Waals surface area (Å²) in [6, 6.07) is 3.82. The van der Waals surface area contributed by atoms with Crippen molar-refractivity contribution in [3.05, 3.63) is 24.0 Å². The first-order valence-electron chi connectivity index (χ1n) is 4.73. The van der Waals surface area contributed by atoms with Gasteiger partial charge in [-0.05, 0) is 6.07 Å². The van der Waals surface area contributed by atoms with Gasteiger partial charge in [0.25, 0.3) is 0 Å². The van der Waals surface area contributed by atoms with E-state index in [-0.39, 0.29) is 0 Å². The molecule has 2 aromatic heterocycles. The lowest BCUT2D eigenvalue weighted by atomic mass is 10.3. The molecule has 2 rings (SSSR count). The van der Waals surface area contributed by atoms with Crippen molar-refractivity contribution in [2.45, 2.75) is 9.24 Å². The van der Waals surface area contributed by atoms with Gasteiger partial charge in [0.2, 0.25) is 5.13 Å². The molecule has 17 heavy (non-hydrogen) atoms. The second kappa shape index (κ2) is 5.12. The molecule has 0 unspecified atom stereocenters. The van der Waals surface area contributed by atoms with E-state index in [9.17, 15) is 0 Å². The van der Waals surface area contributed by atoms with Crippen LogP contribution in [-0.2, 0) is 0 Å². The molecule has 86 valence electrons. The molecule has 5 nitrogen and oxygen atoms in total. The molecule has 0 bridgehead atoms. The highest BCUT2D eigenvalue weighted by atomic mass is 32.2. The second-order valence-electron chi connectivity index (χ2n) is 3.33. The summed E-state index contributed by atoms with van der Waals surface area (Å²) >= 11 is 2.89. The Morgan fingerprint density at radius 1 is 1.41 bits per heavy atom. The first-order valence-corrected chi connectivity index (χ1v) is 6.37. The summed E-state index contributed by atoms with van der Waals surface area (Å²) in [5.41, 5.74) is 0.603. The van der Waals surface area contributed by atoms with E-state index in [4.69, 9.17) is 5.26 Å². The largest absolute Gasteiger partial charge is 0.353 e. The fourth-order valence-electron chi connectivity index (χ4n) is 1.07. The molecule has 2 heterocycles. The minimum Gasteiger partial charge on any atom is -0.353 e. The van der Waals surface area contributed by atoms with Crippen molar-refractivity contribution in [2.75, 3.05) is 19.0 Å². The topological polar surface area (TPSA) is 65.7 Å². The van der Waals surface area contributed by atoms with Crippen molar-refractivity contribution in [3.63, 3.8) is 0 Å². The van der Waals surface area contributed by atoms with Crippen molar-refractivity contribution in [1.82, 2.24) is 15.2 Å². The van der Waals surface area contributed by atoms with Crippen LogP contribution in [0.15, 0.2) is 27.7 Å². The molecule has 0 atom stereocenters. The lowest BCUT2D eigenvalue weighted by Crippen LogP contribution is -2.07. The molecule has 0 aromatic carbocycles. The van der Waals surface area contributed by atoms with Crippen LogP contribution in [0, 0.1) is 11.3 Å². The van der Waals surface area contributed by atoms with Gasteiger partial charge in [-0.2, -0.15) is 5.26 Å². The van der Waals surface area contributed by atoms with Crippen molar-refractivity contribution in [1.29, 1.82) is 5.26 Å². The number of hydrogen-bond acceptors (Lipinski definition) is 7. The molecule has 0 spiro atoms. The summed E-state index contributed by atoms with van der Waals surface area (Å²) in [6.45, 7) is 0. The molecule has 0 aliphatic heterocycles. The first kappa shape index (κ1) is 11.8. The van der Waals surface area contributed by atoms with Crippen LogP contribution in [0.2, 0.25) is 0 Å². The van der Waals surface area contributed by atoms with E-state index in [1.165, 1.54) is 23.1 Å². The van der Waals surface area contributed by atoms with Gasteiger partial charge in [-0.1, -0.05) is 23.1 Å². The summed E-state index contributed by atoms with van der Waals surface area (Å²) < 4.78 is 0.804. The van der Waals surface area contributed by atoms with Crippen LogP contribution < -0.4 is 4.90 Å². The number of hydrogen-bond donors (Lipinski definition) is 0. The Balaban J connectivity index is 2.23. The maximum absolute atomic E-state index is 8.96. The molecule has 0 saturated carbocycles. The van der Waals surface area contributed by atoms with Crippen LogP contribution in [0.1, 0.15) is 5.56 Å². The maximum Gasteiger partial charge on any atom is 0.208 e. The monoisotopic (exact) mass is 263 g/mol. The third-order valence-electron chi connectivity index (χ3n) is 1.88. The Hall–Kier alpha value is -1.65. The summed E-state index contributed by atoms with van der Waals surface area (Å²) in [5, 5.41) is 17.9. The number of nitriles is 1. The van der Waals surface area contributed by atoms with E-state index in [2.05, 4.69) is 21.3 Å². The van der Waals surface area contributed by atoms with Gasteiger partial charge in [0.15, 0.2) is 4.34 Å². The van der Waals surface area contributed by atoms with Gasteiger partial charge in [-0.25, -0.2) is 0 Å². The SMILES string of the molecule is CN(C)c1nnc(Sc2cnccc2C#N)s1. The van der Waals surface area contributed by atoms with Crippen molar-refractivity contribution >= 4 is 28.2 Å². The summed E-state index contributed by atoms with van der Waals surface area (Å²) in [4.78, 5) is 6.71. The van der Waals surface area contributed by atoms with E-state index in [0.717, 1.165) is 14.4 Å². The van der Waals surface area contributed by atoms with Gasteiger partial charge in [0.05, 0.1) is 10.5 Å². The summed E-state index contributed by atoms with van der Waals surface area (Å²) in [7, 11) is 3.83. The van der Waals surface area contributed by atoms with Crippen LogP contribution in [0.4, 0.5) is 5.13 Å². The third-order valence-corrected chi connectivity index (χ3v) is 4.07. The number of aromatic nitrogens is 3. The fourth-order valence-corrected chi connectivity index (χ4v) is 2.84. The Morgan fingerprint density at radius 2 is 2.24 bits per heavy atom. The highest BCUT2D eigenvalue weighted by molar-refractivity contribution is 8.01. The van der Waals surface area contributed by atoms with Gasteiger partial charge < -0.3 is 4.90 Å². The lowest BCUT2D eigenvalue weighted by Gasteiger charge is -2.03. The van der Waals surface area contributed by atoms with E-state index in [0.29, 0.717) is 5.56 Å². The molecule has 0 aliphatic rings. The van der Waals surface area contributed by atoms with E-state index in [1.807, 2.05) is 19.0 Å². The van der Waals surface area contributed by atoms with Crippen LogP contribution in [0.5, 0.6) is 0 Å². The lowest BCUT2D eigenvalue weighted by molar-refractivity contribution is 0.972. The molecule has 0 N–H and O–H groups in total. The molecule has 2 aromatic rings. The zero-order valence-electron chi connectivity index (χ0n) is 9.28. The first-order chi connectivity index (χ1) is 8.20. The van der Waals surface area contributed by atoms with Gasteiger partial charge in [0.1, 0.15) is 6.07 Å². The second-order valence-corrected chi connectivity index (χ2v) is 5.58. The number of pyridine rings is 1. The van der Waals surface area contributed by atoms with E-state index < -0.39 is 0 Å². The van der Waals surface area contributed by atoms with Crippen LogP contribution in [0.3, 0.4) is 0 Å². The number of anilines is 1. The highest BCUT2D eigenvalue weighted by Crippen LogP contribution is 2.33. The summed E-state index contributed by atoms with van der Waals surface area (Å²) in [5.74, 6) is 0. The molecule has 0 radical (unpaired) electrons. The molecule has 0 fully saturated rings. The summed E-state index contributed by atoms with van der Waals surface area (Å²) in [6.07, 6.45) is 3.27. The predicted molar refractivity (Wildman–Crippen MR) is 67.3 cm³/mol. The molecule has 7 heteroatoms. The van der Waals surface area contributed by atoms with Gasteiger partial charge in [-0.3, -0.25) is 4.98 Å². The number of nitrogens with zero attached hydrogens (tertiary/aromatic N) is 5. The standard InChI is InChI=1S/C10H9N5S2/c1-15(2)9-13-14-10(17-9)16-8-6-12-4-3-7(8)5-11/h3-4,6H,1-2H3. The van der Waals surface area contributed by atoms with Crippen LogP contribution >= 0.6 is 23.1 Å². The molecule has 0 amide bonds. The third kappa shape index (κ3) is 2.72. The van der Waals surface area contributed by atoms with E-state index >= 15 is 0 Å². The van der Waals surface area contributed by atoms with Gasteiger partial charge in [0, 0.05) is 26.5 Å². The van der Waals surface area contributed by atoms with Gasteiger partial charge in [-0.15, -0.1) is 10.2 Å². The zero-order chi connectivity index (χ0) is 12.3. The average molecular weight is 263 g/mol. The smallest absolute Gasteiger partial charge is 0.208 e.